The minimum absolute atomic E-state index is 0.315. The predicted octanol–water partition coefficient (Wildman–Crippen LogP) is 0.301. The zero-order chi connectivity index (χ0) is 11.0. The molecule has 2 aromatic heterocycles. The summed E-state index contributed by atoms with van der Waals surface area (Å²) >= 11 is 1.37. The minimum Gasteiger partial charge on any atom is -0.269 e. The van der Waals surface area contributed by atoms with Gasteiger partial charge in [-0.1, -0.05) is 0 Å². The van der Waals surface area contributed by atoms with Crippen LogP contribution in [0.15, 0.2) is 27.2 Å². The van der Waals surface area contributed by atoms with E-state index in [1.54, 1.807) is 0 Å². The first kappa shape index (κ1) is 9.85. The van der Waals surface area contributed by atoms with Crippen molar-refractivity contribution in [2.75, 3.05) is 0 Å². The maximum absolute atomic E-state index is 11.7. The van der Waals surface area contributed by atoms with Gasteiger partial charge in [-0.2, -0.15) is 0 Å². The van der Waals surface area contributed by atoms with Crippen molar-refractivity contribution in [1.29, 1.82) is 0 Å². The van der Waals surface area contributed by atoms with Gasteiger partial charge in [-0.25, -0.2) is 14.3 Å². The summed E-state index contributed by atoms with van der Waals surface area (Å²) in [5.74, 6) is 0. The Morgan fingerprint density at radius 1 is 1.40 bits per heavy atom. The molecule has 6 heteroatoms. The van der Waals surface area contributed by atoms with Crippen molar-refractivity contribution >= 4 is 11.3 Å². The molecule has 0 fully saturated rings. The molecule has 0 saturated heterocycles. The summed E-state index contributed by atoms with van der Waals surface area (Å²) in [6.07, 6.45) is 1.45. The van der Waals surface area contributed by atoms with Crippen LogP contribution in [0.2, 0.25) is 0 Å². The first-order valence-corrected chi connectivity index (χ1v) is 5.19. The third-order valence-corrected chi connectivity index (χ3v) is 2.96. The van der Waals surface area contributed by atoms with Crippen LogP contribution in [0.25, 0.3) is 5.13 Å². The summed E-state index contributed by atoms with van der Waals surface area (Å²) in [4.78, 5) is 27.0. The topological polar surface area (TPSA) is 56.9 Å². The molecule has 0 aliphatic rings. The van der Waals surface area contributed by atoms with Crippen LogP contribution in [0.4, 0.5) is 0 Å². The lowest BCUT2D eigenvalue weighted by Gasteiger charge is -2.01. The summed E-state index contributed by atoms with van der Waals surface area (Å²) in [6, 6.07) is 1.35. The molecule has 0 radical (unpaired) electrons. The summed E-state index contributed by atoms with van der Waals surface area (Å²) in [6.45, 7) is 1.85. The molecule has 0 saturated carbocycles. The molecular formula is C9H9N3O2S. The van der Waals surface area contributed by atoms with Crippen molar-refractivity contribution in [3.05, 3.63) is 44.2 Å². The molecule has 2 aromatic rings. The van der Waals surface area contributed by atoms with Crippen molar-refractivity contribution in [3.8, 4) is 5.13 Å². The van der Waals surface area contributed by atoms with Crippen LogP contribution in [0.3, 0.4) is 0 Å². The van der Waals surface area contributed by atoms with Gasteiger partial charge in [-0.05, 0) is 6.92 Å². The Bertz CT molecular complexity index is 608. The van der Waals surface area contributed by atoms with Gasteiger partial charge < -0.3 is 0 Å². The van der Waals surface area contributed by atoms with E-state index in [-0.39, 0.29) is 11.2 Å². The zero-order valence-corrected chi connectivity index (χ0v) is 9.11. The lowest BCUT2D eigenvalue weighted by molar-refractivity contribution is 0.725. The van der Waals surface area contributed by atoms with Crippen molar-refractivity contribution in [1.82, 2.24) is 14.1 Å². The summed E-state index contributed by atoms with van der Waals surface area (Å²) in [7, 11) is 1.45. The minimum atomic E-state index is -0.378. The molecule has 5 nitrogen and oxygen atoms in total. The van der Waals surface area contributed by atoms with Gasteiger partial charge in [0.25, 0.3) is 5.56 Å². The highest BCUT2D eigenvalue weighted by Gasteiger charge is 2.06. The van der Waals surface area contributed by atoms with Gasteiger partial charge in [-0.15, -0.1) is 11.3 Å². The molecule has 15 heavy (non-hydrogen) atoms. The van der Waals surface area contributed by atoms with E-state index in [0.29, 0.717) is 5.13 Å². The second-order valence-corrected chi connectivity index (χ2v) is 3.97. The van der Waals surface area contributed by atoms with Gasteiger partial charge in [0.05, 0.1) is 5.69 Å². The molecule has 0 aliphatic carbocycles. The largest absolute Gasteiger partial charge is 0.337 e. The Kier molecular flexibility index (Phi) is 2.28. The Labute approximate surface area is 89.3 Å². The smallest absolute Gasteiger partial charge is 0.269 e. The van der Waals surface area contributed by atoms with Crippen LogP contribution in [0, 0.1) is 6.92 Å². The van der Waals surface area contributed by atoms with Gasteiger partial charge >= 0.3 is 5.69 Å². The Morgan fingerprint density at radius 2 is 2.13 bits per heavy atom. The molecule has 2 rings (SSSR count). The molecule has 0 bridgehead atoms. The third-order valence-electron chi connectivity index (χ3n) is 2.00. The summed E-state index contributed by atoms with van der Waals surface area (Å²) in [5, 5.41) is 2.43. The van der Waals surface area contributed by atoms with E-state index in [1.807, 2.05) is 12.3 Å². The molecule has 2 heterocycles. The predicted molar refractivity (Wildman–Crippen MR) is 57.7 cm³/mol. The van der Waals surface area contributed by atoms with Crippen LogP contribution in [0.5, 0.6) is 0 Å². The number of nitrogens with zero attached hydrogens (tertiary/aromatic N) is 3. The van der Waals surface area contributed by atoms with Gasteiger partial charge in [0.2, 0.25) is 0 Å². The zero-order valence-electron chi connectivity index (χ0n) is 8.30. The van der Waals surface area contributed by atoms with Crippen LogP contribution in [-0.4, -0.2) is 14.1 Å². The molecule has 0 aliphatic heterocycles. The quantitative estimate of drug-likeness (QED) is 0.698. The molecule has 0 aromatic carbocycles. The lowest BCUT2D eigenvalue weighted by atomic mass is 10.6. The SMILES string of the molecule is Cc1csc(-n2ccc(=O)n(C)c2=O)n1. The van der Waals surface area contributed by atoms with Gasteiger partial charge in [0.1, 0.15) is 0 Å². The number of aryl methyl sites for hydroxylation is 1. The van der Waals surface area contributed by atoms with Gasteiger partial charge in [0.15, 0.2) is 5.13 Å². The highest BCUT2D eigenvalue weighted by molar-refractivity contribution is 7.12. The standard InChI is InChI=1S/C9H9N3O2S/c1-6-5-15-8(10-6)12-4-3-7(13)11(2)9(12)14/h3-5H,1-2H3. The number of thiazole rings is 1. The van der Waals surface area contributed by atoms with E-state index < -0.39 is 0 Å². The average Bonchev–Trinajstić information content (AvgIpc) is 2.61. The van der Waals surface area contributed by atoms with Crippen LogP contribution in [-0.2, 0) is 7.05 Å². The second-order valence-electron chi connectivity index (χ2n) is 3.14. The molecular weight excluding hydrogens is 214 g/mol. The van der Waals surface area contributed by atoms with E-state index in [1.165, 1.54) is 35.2 Å². The number of aromatic nitrogens is 3. The second kappa shape index (κ2) is 3.47. The number of hydrogen-bond acceptors (Lipinski definition) is 4. The Morgan fingerprint density at radius 3 is 2.73 bits per heavy atom. The van der Waals surface area contributed by atoms with E-state index in [0.717, 1.165) is 10.3 Å². The molecule has 0 spiro atoms. The number of hydrogen-bond donors (Lipinski definition) is 0. The van der Waals surface area contributed by atoms with Crippen molar-refractivity contribution in [2.24, 2.45) is 7.05 Å². The first-order valence-electron chi connectivity index (χ1n) is 4.31. The molecule has 0 unspecified atom stereocenters. The fourth-order valence-corrected chi connectivity index (χ4v) is 1.95. The Hall–Kier alpha value is -1.69. The fourth-order valence-electron chi connectivity index (χ4n) is 1.17. The van der Waals surface area contributed by atoms with Crippen LogP contribution < -0.4 is 11.2 Å². The molecule has 0 atom stereocenters. The van der Waals surface area contributed by atoms with E-state index in [4.69, 9.17) is 0 Å². The third kappa shape index (κ3) is 1.63. The summed E-state index contributed by atoms with van der Waals surface area (Å²) < 4.78 is 2.41. The first-order chi connectivity index (χ1) is 7.09. The Balaban J connectivity index is 2.70. The van der Waals surface area contributed by atoms with Crippen molar-refractivity contribution in [3.63, 3.8) is 0 Å². The molecule has 78 valence electrons. The van der Waals surface area contributed by atoms with Gasteiger partial charge in [0, 0.05) is 24.7 Å². The van der Waals surface area contributed by atoms with Crippen molar-refractivity contribution < 1.29 is 0 Å². The van der Waals surface area contributed by atoms with E-state index >= 15 is 0 Å². The van der Waals surface area contributed by atoms with Crippen molar-refractivity contribution in [2.45, 2.75) is 6.92 Å². The van der Waals surface area contributed by atoms with Crippen LogP contribution in [0.1, 0.15) is 5.69 Å². The maximum atomic E-state index is 11.7. The normalized spacial score (nSPS) is 10.5. The van der Waals surface area contributed by atoms with Gasteiger partial charge in [-0.3, -0.25) is 9.36 Å². The highest BCUT2D eigenvalue weighted by Crippen LogP contribution is 2.11. The monoisotopic (exact) mass is 223 g/mol. The van der Waals surface area contributed by atoms with Crippen LogP contribution >= 0.6 is 11.3 Å². The lowest BCUT2D eigenvalue weighted by Crippen LogP contribution is -2.36. The fraction of sp³-hybridized carbons (Fsp3) is 0.222. The molecule has 0 amide bonds. The average molecular weight is 223 g/mol. The maximum Gasteiger partial charge on any atom is 0.337 e. The van der Waals surface area contributed by atoms with E-state index in [2.05, 4.69) is 4.98 Å². The number of rotatable bonds is 1. The van der Waals surface area contributed by atoms with E-state index in [9.17, 15) is 9.59 Å². The summed E-state index contributed by atoms with van der Waals surface area (Å²) in [5.41, 5.74) is 0.164. The molecule has 0 N–H and O–H groups in total. The highest BCUT2D eigenvalue weighted by atomic mass is 32.1.